The Morgan fingerprint density at radius 1 is 1.04 bits per heavy atom. The lowest BCUT2D eigenvalue weighted by molar-refractivity contribution is -0.122. The van der Waals surface area contributed by atoms with E-state index in [1.54, 1.807) is 6.07 Å². The fourth-order valence-electron chi connectivity index (χ4n) is 2.50. The third-order valence-electron chi connectivity index (χ3n) is 3.58. The van der Waals surface area contributed by atoms with Crippen LogP contribution in [0.4, 0.5) is 5.69 Å². The number of anilines is 1. The summed E-state index contributed by atoms with van der Waals surface area (Å²) in [7, 11) is 0. The van der Waals surface area contributed by atoms with Crippen molar-refractivity contribution in [1.29, 1.82) is 0 Å². The highest BCUT2D eigenvalue weighted by atomic mass is 35.5. The topological polar surface area (TPSA) is 58.2 Å². The van der Waals surface area contributed by atoms with Crippen molar-refractivity contribution in [2.75, 3.05) is 17.6 Å². The van der Waals surface area contributed by atoms with Gasteiger partial charge in [0.1, 0.15) is 0 Å². The fraction of sp³-hybridized carbons (Fsp3) is 0.263. The molecule has 0 saturated heterocycles. The Morgan fingerprint density at radius 2 is 1.68 bits per heavy atom. The standard InChI is InChI=1S/C19H21ClN2O2S/c1-12-8-13(2)19(14(3)9-12)22-17(23)10-21-18(24)11-25-16-7-5-4-6-15(16)20/h4-9H,10-11H2,1-3H3,(H,21,24)(H,22,23). The molecule has 0 heterocycles. The van der Waals surface area contributed by atoms with Gasteiger partial charge in [-0.2, -0.15) is 0 Å². The van der Waals surface area contributed by atoms with Crippen LogP contribution >= 0.6 is 23.4 Å². The molecule has 0 fully saturated rings. The number of rotatable bonds is 6. The smallest absolute Gasteiger partial charge is 0.243 e. The molecule has 4 nitrogen and oxygen atoms in total. The van der Waals surface area contributed by atoms with Crippen LogP contribution < -0.4 is 10.6 Å². The largest absolute Gasteiger partial charge is 0.346 e. The van der Waals surface area contributed by atoms with E-state index >= 15 is 0 Å². The molecule has 2 aromatic rings. The minimum Gasteiger partial charge on any atom is -0.346 e. The predicted molar refractivity (Wildman–Crippen MR) is 104 cm³/mol. The van der Waals surface area contributed by atoms with E-state index < -0.39 is 0 Å². The Balaban J connectivity index is 1.82. The normalized spacial score (nSPS) is 10.4. The number of aryl methyl sites for hydroxylation is 3. The molecule has 25 heavy (non-hydrogen) atoms. The molecule has 0 atom stereocenters. The Kier molecular flexibility index (Phi) is 6.91. The molecule has 0 aliphatic rings. The molecule has 0 unspecified atom stereocenters. The van der Waals surface area contributed by atoms with Crippen LogP contribution in [0.2, 0.25) is 5.02 Å². The zero-order chi connectivity index (χ0) is 18.4. The van der Waals surface area contributed by atoms with Gasteiger partial charge >= 0.3 is 0 Å². The first-order valence-corrected chi connectivity index (χ1v) is 9.25. The van der Waals surface area contributed by atoms with E-state index in [2.05, 4.69) is 10.6 Å². The Hall–Kier alpha value is -1.98. The van der Waals surface area contributed by atoms with Crippen molar-refractivity contribution >= 4 is 40.9 Å². The maximum Gasteiger partial charge on any atom is 0.243 e. The summed E-state index contributed by atoms with van der Waals surface area (Å²) < 4.78 is 0. The lowest BCUT2D eigenvalue weighted by Gasteiger charge is -2.13. The predicted octanol–water partition coefficient (Wildman–Crippen LogP) is 4.11. The number of thioether (sulfide) groups is 1. The second kappa shape index (κ2) is 8.92. The first-order valence-electron chi connectivity index (χ1n) is 7.88. The number of amides is 2. The van der Waals surface area contributed by atoms with Crippen molar-refractivity contribution in [3.8, 4) is 0 Å². The number of carbonyl (C=O) groups is 2. The van der Waals surface area contributed by atoms with Crippen LogP contribution in [0.25, 0.3) is 0 Å². The van der Waals surface area contributed by atoms with E-state index in [9.17, 15) is 9.59 Å². The van der Waals surface area contributed by atoms with Gasteiger partial charge in [-0.1, -0.05) is 41.4 Å². The van der Waals surface area contributed by atoms with E-state index in [-0.39, 0.29) is 24.1 Å². The van der Waals surface area contributed by atoms with Crippen LogP contribution in [-0.4, -0.2) is 24.1 Å². The van der Waals surface area contributed by atoms with Gasteiger partial charge in [-0.3, -0.25) is 9.59 Å². The van der Waals surface area contributed by atoms with Crippen molar-refractivity contribution in [1.82, 2.24) is 5.32 Å². The molecule has 0 aromatic heterocycles. The van der Waals surface area contributed by atoms with Gasteiger partial charge < -0.3 is 10.6 Å². The summed E-state index contributed by atoms with van der Waals surface area (Å²) >= 11 is 7.39. The van der Waals surface area contributed by atoms with Gasteiger partial charge in [0, 0.05) is 10.6 Å². The fourth-order valence-corrected chi connectivity index (χ4v) is 3.56. The van der Waals surface area contributed by atoms with Crippen LogP contribution in [0, 0.1) is 20.8 Å². The monoisotopic (exact) mass is 376 g/mol. The van der Waals surface area contributed by atoms with Gasteiger partial charge in [-0.15, -0.1) is 11.8 Å². The van der Waals surface area contributed by atoms with Gasteiger partial charge in [0.05, 0.1) is 17.3 Å². The minimum absolute atomic E-state index is 0.0608. The van der Waals surface area contributed by atoms with E-state index in [0.29, 0.717) is 5.02 Å². The molecule has 0 spiro atoms. The second-order valence-corrected chi connectivity index (χ2v) is 7.24. The first kappa shape index (κ1) is 19.3. The third kappa shape index (κ3) is 5.80. The quantitative estimate of drug-likeness (QED) is 0.746. The summed E-state index contributed by atoms with van der Waals surface area (Å²) in [4.78, 5) is 24.8. The van der Waals surface area contributed by atoms with Crippen molar-refractivity contribution in [2.45, 2.75) is 25.7 Å². The van der Waals surface area contributed by atoms with E-state index in [0.717, 1.165) is 27.3 Å². The van der Waals surface area contributed by atoms with Crippen LogP contribution in [0.5, 0.6) is 0 Å². The molecule has 132 valence electrons. The molecule has 2 aromatic carbocycles. The highest BCUT2D eigenvalue weighted by molar-refractivity contribution is 8.00. The van der Waals surface area contributed by atoms with Gasteiger partial charge in [0.25, 0.3) is 0 Å². The lowest BCUT2D eigenvalue weighted by atomic mass is 10.1. The average Bonchev–Trinajstić information content (AvgIpc) is 2.55. The molecule has 0 saturated carbocycles. The maximum absolute atomic E-state index is 12.1. The summed E-state index contributed by atoms with van der Waals surface area (Å²) in [6.07, 6.45) is 0. The molecule has 0 aliphatic heterocycles. The van der Waals surface area contributed by atoms with Crippen molar-refractivity contribution in [3.05, 3.63) is 58.1 Å². The number of hydrogen-bond donors (Lipinski definition) is 2. The molecule has 0 radical (unpaired) electrons. The molecule has 0 bridgehead atoms. The molecular weight excluding hydrogens is 356 g/mol. The number of hydrogen-bond acceptors (Lipinski definition) is 3. The summed E-state index contributed by atoms with van der Waals surface area (Å²) in [5.41, 5.74) is 3.96. The SMILES string of the molecule is Cc1cc(C)c(NC(=O)CNC(=O)CSc2ccccc2Cl)c(C)c1. The van der Waals surface area contributed by atoms with E-state index in [4.69, 9.17) is 11.6 Å². The van der Waals surface area contributed by atoms with Crippen molar-refractivity contribution < 1.29 is 9.59 Å². The average molecular weight is 377 g/mol. The second-order valence-electron chi connectivity index (χ2n) is 5.82. The zero-order valence-corrected chi connectivity index (χ0v) is 16.1. The number of benzene rings is 2. The summed E-state index contributed by atoms with van der Waals surface area (Å²) in [6.45, 7) is 5.86. The molecule has 2 amide bonds. The molecular formula is C19H21ClN2O2S. The minimum atomic E-state index is -0.244. The van der Waals surface area contributed by atoms with Crippen molar-refractivity contribution in [2.24, 2.45) is 0 Å². The number of halogens is 1. The lowest BCUT2D eigenvalue weighted by Crippen LogP contribution is -2.34. The summed E-state index contributed by atoms with van der Waals surface area (Å²) in [6, 6.07) is 11.4. The number of carbonyl (C=O) groups excluding carboxylic acids is 2. The third-order valence-corrected chi connectivity index (χ3v) is 5.10. The van der Waals surface area contributed by atoms with Crippen LogP contribution in [-0.2, 0) is 9.59 Å². The maximum atomic E-state index is 12.1. The Labute approximate surface area is 157 Å². The zero-order valence-electron chi connectivity index (χ0n) is 14.5. The Bertz CT molecular complexity index is 770. The van der Waals surface area contributed by atoms with Gasteiger partial charge in [0.2, 0.25) is 11.8 Å². The first-order chi connectivity index (χ1) is 11.9. The van der Waals surface area contributed by atoms with Crippen LogP contribution in [0.15, 0.2) is 41.3 Å². The molecule has 2 rings (SSSR count). The van der Waals surface area contributed by atoms with E-state index in [1.165, 1.54) is 11.8 Å². The summed E-state index contributed by atoms with van der Waals surface area (Å²) in [5.74, 6) is -0.247. The van der Waals surface area contributed by atoms with Crippen molar-refractivity contribution in [3.63, 3.8) is 0 Å². The van der Waals surface area contributed by atoms with Gasteiger partial charge in [0.15, 0.2) is 0 Å². The van der Waals surface area contributed by atoms with Crippen LogP contribution in [0.1, 0.15) is 16.7 Å². The molecule has 0 aliphatic carbocycles. The molecule has 2 N–H and O–H groups in total. The highest BCUT2D eigenvalue weighted by Crippen LogP contribution is 2.26. The molecule has 6 heteroatoms. The summed E-state index contributed by atoms with van der Waals surface area (Å²) in [5, 5.41) is 6.10. The van der Waals surface area contributed by atoms with E-state index in [1.807, 2.05) is 51.1 Å². The number of nitrogens with one attached hydrogen (secondary N) is 2. The Morgan fingerprint density at radius 3 is 2.32 bits per heavy atom. The highest BCUT2D eigenvalue weighted by Gasteiger charge is 2.10. The van der Waals surface area contributed by atoms with Crippen LogP contribution in [0.3, 0.4) is 0 Å². The van der Waals surface area contributed by atoms with Gasteiger partial charge in [-0.05, 0) is 44.0 Å². The van der Waals surface area contributed by atoms with Gasteiger partial charge in [-0.25, -0.2) is 0 Å².